The van der Waals surface area contributed by atoms with E-state index in [4.69, 9.17) is 0 Å². The van der Waals surface area contributed by atoms with Gasteiger partial charge in [0, 0.05) is 6.04 Å². The van der Waals surface area contributed by atoms with E-state index in [1.54, 1.807) is 24.3 Å². The second-order valence-corrected chi connectivity index (χ2v) is 5.30. The molecule has 0 aromatic heterocycles. The van der Waals surface area contributed by atoms with Gasteiger partial charge in [-0.15, -0.1) is 0 Å². The second kappa shape index (κ2) is 5.63. The minimum Gasteiger partial charge on any atom is -0.508 e. The van der Waals surface area contributed by atoms with Crippen molar-refractivity contribution >= 4 is 0 Å². The average molecular weight is 271 g/mol. The van der Waals surface area contributed by atoms with Gasteiger partial charge in [0.15, 0.2) is 0 Å². The third-order valence-corrected chi connectivity index (χ3v) is 3.92. The highest BCUT2D eigenvalue weighted by atomic mass is 19.1. The summed E-state index contributed by atoms with van der Waals surface area (Å²) >= 11 is 0. The largest absolute Gasteiger partial charge is 0.508 e. The van der Waals surface area contributed by atoms with Crippen LogP contribution in [0.2, 0.25) is 0 Å². The Labute approximate surface area is 118 Å². The molecular weight excluding hydrogens is 253 g/mol. The lowest BCUT2D eigenvalue weighted by Gasteiger charge is -2.14. The molecule has 0 spiro atoms. The number of aryl methyl sites for hydroxylation is 1. The van der Waals surface area contributed by atoms with Crippen molar-refractivity contribution in [2.24, 2.45) is 0 Å². The van der Waals surface area contributed by atoms with Crippen molar-refractivity contribution in [3.8, 4) is 5.75 Å². The van der Waals surface area contributed by atoms with Crippen molar-refractivity contribution in [2.45, 2.75) is 25.3 Å². The molecular formula is C17H18FNO. The van der Waals surface area contributed by atoms with Gasteiger partial charge in [-0.3, -0.25) is 0 Å². The van der Waals surface area contributed by atoms with Gasteiger partial charge in [-0.25, -0.2) is 4.39 Å². The Morgan fingerprint density at radius 2 is 1.95 bits per heavy atom. The summed E-state index contributed by atoms with van der Waals surface area (Å²) in [6.45, 7) is 0.881. The first-order valence-corrected chi connectivity index (χ1v) is 7.02. The summed E-state index contributed by atoms with van der Waals surface area (Å²) in [5.74, 6) is 0.155. The van der Waals surface area contributed by atoms with E-state index in [0.29, 0.717) is 11.8 Å². The number of halogens is 1. The highest BCUT2D eigenvalue weighted by Gasteiger charge is 2.21. The lowest BCUT2D eigenvalue weighted by atomic mass is 10.1. The molecule has 2 nitrogen and oxygen atoms in total. The summed E-state index contributed by atoms with van der Waals surface area (Å²) in [4.78, 5) is 0. The molecule has 0 heterocycles. The Morgan fingerprint density at radius 1 is 1.15 bits per heavy atom. The average Bonchev–Trinajstić information content (AvgIpc) is 2.83. The van der Waals surface area contributed by atoms with Crippen molar-refractivity contribution in [1.82, 2.24) is 5.32 Å². The second-order valence-electron chi connectivity index (χ2n) is 5.30. The quantitative estimate of drug-likeness (QED) is 0.893. The van der Waals surface area contributed by atoms with Gasteiger partial charge in [-0.05, 0) is 66.8 Å². The number of phenolic OH excluding ortho intramolecular Hbond substituents is 1. The number of fused-ring (bicyclic) bond motifs is 1. The van der Waals surface area contributed by atoms with Gasteiger partial charge in [0.2, 0.25) is 0 Å². The lowest BCUT2D eigenvalue weighted by Crippen LogP contribution is -2.21. The lowest BCUT2D eigenvalue weighted by molar-refractivity contribution is 0.475. The highest BCUT2D eigenvalue weighted by Crippen LogP contribution is 2.31. The number of hydrogen-bond acceptors (Lipinski definition) is 2. The van der Waals surface area contributed by atoms with Crippen LogP contribution in [0.4, 0.5) is 4.39 Å². The molecule has 2 aromatic carbocycles. The standard InChI is InChI=1S/C17H18FNO/c18-14-4-7-16-13(11-14)3-8-17(16)19-10-9-12-1-5-15(20)6-2-12/h1-2,4-7,11,17,19-20H,3,8-10H2. The molecule has 1 unspecified atom stereocenters. The van der Waals surface area contributed by atoms with Crippen molar-refractivity contribution in [2.75, 3.05) is 6.54 Å². The molecule has 2 aromatic rings. The number of hydrogen-bond donors (Lipinski definition) is 2. The zero-order valence-corrected chi connectivity index (χ0v) is 11.3. The molecule has 0 fully saturated rings. The van der Waals surface area contributed by atoms with E-state index in [1.165, 1.54) is 11.1 Å². The van der Waals surface area contributed by atoms with Crippen LogP contribution in [0.3, 0.4) is 0 Å². The van der Waals surface area contributed by atoms with E-state index >= 15 is 0 Å². The van der Waals surface area contributed by atoms with E-state index < -0.39 is 0 Å². The van der Waals surface area contributed by atoms with E-state index in [1.807, 2.05) is 18.2 Å². The van der Waals surface area contributed by atoms with Gasteiger partial charge in [0.05, 0.1) is 0 Å². The Hall–Kier alpha value is -1.87. The molecule has 3 heteroatoms. The zero-order valence-electron chi connectivity index (χ0n) is 11.3. The third kappa shape index (κ3) is 2.83. The maximum Gasteiger partial charge on any atom is 0.123 e. The Kier molecular flexibility index (Phi) is 3.70. The maximum atomic E-state index is 13.2. The molecule has 2 N–H and O–H groups in total. The van der Waals surface area contributed by atoms with Gasteiger partial charge in [0.25, 0.3) is 0 Å². The minimum absolute atomic E-state index is 0.145. The van der Waals surface area contributed by atoms with Crippen LogP contribution in [0.1, 0.15) is 29.2 Å². The van der Waals surface area contributed by atoms with Gasteiger partial charge >= 0.3 is 0 Å². The summed E-state index contributed by atoms with van der Waals surface area (Å²) in [6, 6.07) is 12.7. The van der Waals surface area contributed by atoms with Crippen molar-refractivity contribution in [3.63, 3.8) is 0 Å². The van der Waals surface area contributed by atoms with Crippen molar-refractivity contribution < 1.29 is 9.50 Å². The van der Waals surface area contributed by atoms with Crippen LogP contribution in [0, 0.1) is 5.82 Å². The first-order valence-electron chi connectivity index (χ1n) is 7.02. The molecule has 3 rings (SSSR count). The van der Waals surface area contributed by atoms with Crippen LogP contribution < -0.4 is 5.32 Å². The van der Waals surface area contributed by atoms with Crippen LogP contribution in [-0.4, -0.2) is 11.7 Å². The summed E-state index contributed by atoms with van der Waals surface area (Å²) < 4.78 is 13.2. The molecule has 0 saturated carbocycles. The molecule has 0 radical (unpaired) electrons. The van der Waals surface area contributed by atoms with Crippen molar-refractivity contribution in [3.05, 3.63) is 65.0 Å². The van der Waals surface area contributed by atoms with Gasteiger partial charge in [-0.1, -0.05) is 18.2 Å². The molecule has 0 bridgehead atoms. The Bertz CT molecular complexity index is 594. The molecule has 0 saturated heterocycles. The number of aromatic hydroxyl groups is 1. The maximum absolute atomic E-state index is 13.2. The van der Waals surface area contributed by atoms with Crippen molar-refractivity contribution in [1.29, 1.82) is 0 Å². The van der Waals surface area contributed by atoms with E-state index in [0.717, 1.165) is 31.4 Å². The van der Waals surface area contributed by atoms with Gasteiger partial charge in [-0.2, -0.15) is 0 Å². The number of benzene rings is 2. The fourth-order valence-corrected chi connectivity index (χ4v) is 2.85. The van der Waals surface area contributed by atoms with Gasteiger partial charge < -0.3 is 10.4 Å². The molecule has 1 aliphatic carbocycles. The summed E-state index contributed by atoms with van der Waals surface area (Å²) in [5, 5.41) is 12.8. The molecule has 0 amide bonds. The molecule has 0 aliphatic heterocycles. The zero-order chi connectivity index (χ0) is 13.9. The number of phenols is 1. The summed E-state index contributed by atoms with van der Waals surface area (Å²) in [5.41, 5.74) is 3.57. The molecule has 20 heavy (non-hydrogen) atoms. The molecule has 1 aliphatic rings. The first-order chi connectivity index (χ1) is 9.72. The first kappa shape index (κ1) is 13.1. The fourth-order valence-electron chi connectivity index (χ4n) is 2.85. The van der Waals surface area contributed by atoms with Crippen LogP contribution in [0.25, 0.3) is 0 Å². The minimum atomic E-state index is -0.145. The number of rotatable bonds is 4. The predicted octanol–water partition coefficient (Wildman–Crippen LogP) is 3.35. The third-order valence-electron chi connectivity index (χ3n) is 3.92. The summed E-state index contributed by atoms with van der Waals surface area (Å²) in [7, 11) is 0. The van der Waals surface area contributed by atoms with Crippen LogP contribution in [-0.2, 0) is 12.8 Å². The van der Waals surface area contributed by atoms with Crippen LogP contribution >= 0.6 is 0 Å². The number of nitrogens with one attached hydrogen (secondary N) is 1. The fraction of sp³-hybridized carbons (Fsp3) is 0.294. The molecule has 1 atom stereocenters. The Balaban J connectivity index is 1.57. The van der Waals surface area contributed by atoms with Crippen LogP contribution in [0.15, 0.2) is 42.5 Å². The SMILES string of the molecule is Oc1ccc(CCNC2CCc3cc(F)ccc32)cc1. The van der Waals surface area contributed by atoms with E-state index in [-0.39, 0.29) is 5.82 Å². The topological polar surface area (TPSA) is 32.3 Å². The van der Waals surface area contributed by atoms with E-state index in [9.17, 15) is 9.50 Å². The Morgan fingerprint density at radius 3 is 2.75 bits per heavy atom. The monoisotopic (exact) mass is 271 g/mol. The molecule has 104 valence electrons. The smallest absolute Gasteiger partial charge is 0.123 e. The van der Waals surface area contributed by atoms with Crippen LogP contribution in [0.5, 0.6) is 5.75 Å². The highest BCUT2D eigenvalue weighted by molar-refractivity contribution is 5.35. The predicted molar refractivity (Wildman–Crippen MR) is 77.3 cm³/mol. The summed E-state index contributed by atoms with van der Waals surface area (Å²) in [6.07, 6.45) is 2.91. The van der Waals surface area contributed by atoms with Gasteiger partial charge in [0.1, 0.15) is 11.6 Å². The normalized spacial score (nSPS) is 17.1. The van der Waals surface area contributed by atoms with E-state index in [2.05, 4.69) is 5.32 Å².